The fourth-order valence-electron chi connectivity index (χ4n) is 1.71. The van der Waals surface area contributed by atoms with E-state index in [4.69, 9.17) is 5.21 Å². The lowest BCUT2D eigenvalue weighted by atomic mass is 10.1. The summed E-state index contributed by atoms with van der Waals surface area (Å²) in [5, 5.41) is 15.1. The fourth-order valence-corrected chi connectivity index (χ4v) is 1.71. The van der Waals surface area contributed by atoms with Crippen LogP contribution in [0.1, 0.15) is 5.56 Å². The van der Waals surface area contributed by atoms with Crippen molar-refractivity contribution in [1.82, 2.24) is 4.90 Å². The van der Waals surface area contributed by atoms with Crippen molar-refractivity contribution in [3.63, 3.8) is 0 Å². The Morgan fingerprint density at radius 1 is 1.21 bits per heavy atom. The van der Waals surface area contributed by atoms with Gasteiger partial charge in [-0.25, -0.2) is 0 Å². The second-order valence-electron chi connectivity index (χ2n) is 3.95. The standard InChI is InChI=1S/C14H13N3O2/c18-15-10-12-6-8-17(9-7-12)11-14(16-19)13-4-2-1-3-5-13/h1-10,19H,11H2/b16-14-. The summed E-state index contributed by atoms with van der Waals surface area (Å²) >= 11 is 0. The van der Waals surface area contributed by atoms with E-state index in [9.17, 15) is 4.91 Å². The Morgan fingerprint density at radius 2 is 1.89 bits per heavy atom. The number of nitroso groups, excluding NO2 is 1. The van der Waals surface area contributed by atoms with Gasteiger partial charge in [-0.05, 0) is 22.9 Å². The van der Waals surface area contributed by atoms with E-state index in [2.05, 4.69) is 10.3 Å². The van der Waals surface area contributed by atoms with Gasteiger partial charge in [-0.3, -0.25) is 0 Å². The Balaban J connectivity index is 2.06. The Morgan fingerprint density at radius 3 is 2.47 bits per heavy atom. The zero-order valence-electron chi connectivity index (χ0n) is 10.2. The Kier molecular flexibility index (Phi) is 4.23. The van der Waals surface area contributed by atoms with Crippen molar-refractivity contribution in [2.75, 3.05) is 6.54 Å². The highest BCUT2D eigenvalue weighted by molar-refractivity contribution is 6.01. The van der Waals surface area contributed by atoms with Gasteiger partial charge in [-0.15, -0.1) is 4.91 Å². The molecule has 0 amide bonds. The van der Waals surface area contributed by atoms with E-state index >= 15 is 0 Å². The molecule has 0 fully saturated rings. The molecule has 0 saturated heterocycles. The van der Waals surface area contributed by atoms with Crippen LogP contribution >= 0.6 is 0 Å². The highest BCUT2D eigenvalue weighted by atomic mass is 16.4. The lowest BCUT2D eigenvalue weighted by Crippen LogP contribution is -2.22. The molecule has 1 N–H and O–H groups in total. The van der Waals surface area contributed by atoms with Crippen LogP contribution in [0.5, 0.6) is 0 Å². The van der Waals surface area contributed by atoms with E-state index in [-0.39, 0.29) is 0 Å². The van der Waals surface area contributed by atoms with Crippen molar-refractivity contribution in [2.24, 2.45) is 10.3 Å². The van der Waals surface area contributed by atoms with Gasteiger partial charge in [0, 0.05) is 18.0 Å². The first kappa shape index (κ1) is 12.8. The molecule has 0 unspecified atom stereocenters. The molecule has 19 heavy (non-hydrogen) atoms. The van der Waals surface area contributed by atoms with Crippen molar-refractivity contribution in [3.05, 3.63) is 77.1 Å². The van der Waals surface area contributed by atoms with Crippen LogP contribution in [0.2, 0.25) is 0 Å². The van der Waals surface area contributed by atoms with Crippen LogP contribution in [0.4, 0.5) is 0 Å². The van der Waals surface area contributed by atoms with Crippen LogP contribution in [0, 0.1) is 4.91 Å². The van der Waals surface area contributed by atoms with Gasteiger partial charge in [0.1, 0.15) is 5.71 Å². The predicted molar refractivity (Wildman–Crippen MR) is 73.6 cm³/mol. The molecular formula is C14H13N3O2. The molecular weight excluding hydrogens is 242 g/mol. The third kappa shape index (κ3) is 3.38. The quantitative estimate of drug-likeness (QED) is 0.389. The molecule has 0 aromatic heterocycles. The van der Waals surface area contributed by atoms with E-state index in [1.807, 2.05) is 35.2 Å². The van der Waals surface area contributed by atoms with Gasteiger partial charge in [0.15, 0.2) is 0 Å². The van der Waals surface area contributed by atoms with Gasteiger partial charge in [0.25, 0.3) is 0 Å². The molecule has 0 atom stereocenters. The number of oxime groups is 1. The summed E-state index contributed by atoms with van der Waals surface area (Å²) in [7, 11) is 0. The molecule has 5 nitrogen and oxygen atoms in total. The Labute approximate surface area is 110 Å². The van der Waals surface area contributed by atoms with Crippen molar-refractivity contribution in [1.29, 1.82) is 0 Å². The molecule has 0 radical (unpaired) electrons. The van der Waals surface area contributed by atoms with E-state index in [0.717, 1.165) is 11.1 Å². The number of rotatable bonds is 4. The van der Waals surface area contributed by atoms with Gasteiger partial charge in [0.2, 0.25) is 0 Å². The Hall–Kier alpha value is -2.69. The molecule has 0 bridgehead atoms. The molecule has 96 valence electrons. The van der Waals surface area contributed by atoms with Gasteiger partial charge in [0.05, 0.1) is 12.7 Å². The number of hydrogen-bond donors (Lipinski definition) is 1. The van der Waals surface area contributed by atoms with Gasteiger partial charge in [-0.2, -0.15) is 0 Å². The molecule has 1 aromatic carbocycles. The zero-order chi connectivity index (χ0) is 13.5. The minimum atomic E-state index is 0.440. The highest BCUT2D eigenvalue weighted by Crippen LogP contribution is 2.11. The smallest absolute Gasteiger partial charge is 0.106 e. The van der Waals surface area contributed by atoms with Crippen LogP contribution in [-0.2, 0) is 0 Å². The lowest BCUT2D eigenvalue weighted by molar-refractivity contribution is 0.316. The molecule has 0 spiro atoms. The molecule has 1 heterocycles. The van der Waals surface area contributed by atoms with Gasteiger partial charge >= 0.3 is 0 Å². The fraction of sp³-hybridized carbons (Fsp3) is 0.0714. The minimum absolute atomic E-state index is 0.440. The molecule has 1 aliphatic rings. The SMILES string of the molecule is O=NC=C1C=CN(C/C(=N/O)c2ccccc2)C=C1. The normalized spacial score (nSPS) is 14.6. The molecule has 2 rings (SSSR count). The van der Waals surface area contributed by atoms with Crippen LogP contribution < -0.4 is 0 Å². The number of benzene rings is 1. The van der Waals surface area contributed by atoms with E-state index in [1.165, 1.54) is 6.20 Å². The van der Waals surface area contributed by atoms with Crippen LogP contribution in [-0.4, -0.2) is 22.4 Å². The molecule has 1 aliphatic heterocycles. The van der Waals surface area contributed by atoms with Crippen molar-refractivity contribution in [3.8, 4) is 0 Å². The summed E-state index contributed by atoms with van der Waals surface area (Å²) in [5.41, 5.74) is 2.16. The topological polar surface area (TPSA) is 65.3 Å². The van der Waals surface area contributed by atoms with E-state index in [1.54, 1.807) is 24.6 Å². The second kappa shape index (κ2) is 6.30. The minimum Gasteiger partial charge on any atom is -0.411 e. The summed E-state index contributed by atoms with van der Waals surface area (Å²) in [4.78, 5) is 12.0. The first-order valence-corrected chi connectivity index (χ1v) is 5.74. The number of nitrogens with zero attached hydrogens (tertiary/aromatic N) is 3. The molecule has 1 aromatic rings. The van der Waals surface area contributed by atoms with Crippen molar-refractivity contribution < 1.29 is 5.21 Å². The first-order valence-electron chi connectivity index (χ1n) is 5.74. The van der Waals surface area contributed by atoms with Crippen LogP contribution in [0.15, 0.2) is 77.0 Å². The average molecular weight is 255 g/mol. The molecule has 0 aliphatic carbocycles. The summed E-state index contributed by atoms with van der Waals surface area (Å²) in [6.07, 6.45) is 8.36. The maximum atomic E-state index is 10.1. The third-order valence-electron chi connectivity index (χ3n) is 2.68. The summed E-state index contributed by atoms with van der Waals surface area (Å²) in [6, 6.07) is 9.45. The monoisotopic (exact) mass is 255 g/mol. The maximum Gasteiger partial charge on any atom is 0.106 e. The summed E-state index contributed by atoms with van der Waals surface area (Å²) < 4.78 is 0. The van der Waals surface area contributed by atoms with Crippen molar-refractivity contribution >= 4 is 5.71 Å². The second-order valence-corrected chi connectivity index (χ2v) is 3.95. The largest absolute Gasteiger partial charge is 0.411 e. The van der Waals surface area contributed by atoms with Crippen LogP contribution in [0.3, 0.4) is 0 Å². The molecule has 5 heteroatoms. The average Bonchev–Trinajstić information content (AvgIpc) is 2.48. The van der Waals surface area contributed by atoms with Gasteiger partial charge in [-0.1, -0.05) is 35.5 Å². The van der Waals surface area contributed by atoms with E-state index < -0.39 is 0 Å². The Bertz CT molecular complexity index is 543. The van der Waals surface area contributed by atoms with Crippen molar-refractivity contribution in [2.45, 2.75) is 0 Å². The zero-order valence-corrected chi connectivity index (χ0v) is 10.2. The van der Waals surface area contributed by atoms with Crippen LogP contribution in [0.25, 0.3) is 0 Å². The summed E-state index contributed by atoms with van der Waals surface area (Å²) in [6.45, 7) is 0.440. The first-order chi connectivity index (χ1) is 9.33. The lowest BCUT2D eigenvalue weighted by Gasteiger charge is -2.19. The van der Waals surface area contributed by atoms with Gasteiger partial charge < -0.3 is 10.1 Å². The third-order valence-corrected chi connectivity index (χ3v) is 2.68. The van der Waals surface area contributed by atoms with E-state index in [0.29, 0.717) is 12.3 Å². The number of allylic oxidation sites excluding steroid dienone is 3. The molecule has 0 saturated carbocycles. The maximum absolute atomic E-state index is 10.1. The number of hydrogen-bond acceptors (Lipinski definition) is 5. The predicted octanol–water partition coefficient (Wildman–Crippen LogP) is 2.86. The summed E-state index contributed by atoms with van der Waals surface area (Å²) in [5.74, 6) is 0. The highest BCUT2D eigenvalue weighted by Gasteiger charge is 2.08.